The standard InChI is InChI=1S/C23H25NO6/c1-9-5-14(24(3)4)13-7-11-6-12-8-15(26)16(10(2)25)21(28)18(12)22(29)17(11)23(30)19(13)20(9)27/h5,11-12,18,26-27,29H,6-8H2,1-4H3. The minimum absolute atomic E-state index is 0.111. The number of Topliss-reactive ketones (excluding diaryl/α,β-unsaturated/α-hetero) is 3. The molecule has 4 rings (SSSR count). The van der Waals surface area contributed by atoms with Crippen LogP contribution in [0.15, 0.2) is 28.7 Å². The highest BCUT2D eigenvalue weighted by molar-refractivity contribution is 6.22. The molecule has 30 heavy (non-hydrogen) atoms. The van der Waals surface area contributed by atoms with Crippen LogP contribution in [0, 0.1) is 24.7 Å². The monoisotopic (exact) mass is 411 g/mol. The zero-order chi connectivity index (χ0) is 22.1. The minimum atomic E-state index is -1.02. The van der Waals surface area contributed by atoms with Gasteiger partial charge in [-0.25, -0.2) is 0 Å². The van der Waals surface area contributed by atoms with E-state index in [9.17, 15) is 29.7 Å². The average Bonchev–Trinajstić information content (AvgIpc) is 2.63. The van der Waals surface area contributed by atoms with E-state index >= 15 is 0 Å². The number of carbonyl (C=O) groups is 3. The number of hydrogen-bond acceptors (Lipinski definition) is 7. The summed E-state index contributed by atoms with van der Waals surface area (Å²) in [7, 11) is 3.73. The van der Waals surface area contributed by atoms with E-state index in [1.54, 1.807) is 6.92 Å². The largest absolute Gasteiger partial charge is 0.511 e. The molecular weight excluding hydrogens is 386 g/mol. The molecule has 3 N–H and O–H groups in total. The van der Waals surface area contributed by atoms with Crippen LogP contribution >= 0.6 is 0 Å². The molecule has 0 saturated carbocycles. The summed E-state index contributed by atoms with van der Waals surface area (Å²) >= 11 is 0. The molecule has 0 fully saturated rings. The quantitative estimate of drug-likeness (QED) is 0.641. The second kappa shape index (κ2) is 6.72. The number of aliphatic hydroxyl groups excluding tert-OH is 2. The first-order valence-electron chi connectivity index (χ1n) is 10.0. The molecule has 3 atom stereocenters. The molecule has 1 aromatic rings. The molecule has 0 saturated heterocycles. The van der Waals surface area contributed by atoms with Gasteiger partial charge in [-0.05, 0) is 55.7 Å². The molecule has 0 aliphatic heterocycles. The summed E-state index contributed by atoms with van der Waals surface area (Å²) in [4.78, 5) is 40.1. The van der Waals surface area contributed by atoms with Crippen molar-refractivity contribution in [1.82, 2.24) is 0 Å². The number of aryl methyl sites for hydroxylation is 1. The summed E-state index contributed by atoms with van der Waals surface area (Å²) in [6.45, 7) is 2.91. The van der Waals surface area contributed by atoms with Gasteiger partial charge in [0, 0.05) is 31.8 Å². The van der Waals surface area contributed by atoms with E-state index in [0.29, 0.717) is 18.4 Å². The number of hydrogen-bond donors (Lipinski definition) is 3. The van der Waals surface area contributed by atoms with Gasteiger partial charge in [0.2, 0.25) is 0 Å². The van der Waals surface area contributed by atoms with Crippen LogP contribution in [0.5, 0.6) is 5.75 Å². The number of ketones is 3. The van der Waals surface area contributed by atoms with Gasteiger partial charge in [0.25, 0.3) is 0 Å². The van der Waals surface area contributed by atoms with Gasteiger partial charge in [-0.3, -0.25) is 14.4 Å². The molecule has 1 aromatic carbocycles. The lowest BCUT2D eigenvalue weighted by Crippen LogP contribution is -2.42. The Morgan fingerprint density at radius 2 is 1.80 bits per heavy atom. The topological polar surface area (TPSA) is 115 Å². The van der Waals surface area contributed by atoms with Crippen LogP contribution in [-0.2, 0) is 16.0 Å². The van der Waals surface area contributed by atoms with Gasteiger partial charge >= 0.3 is 0 Å². The van der Waals surface area contributed by atoms with E-state index in [-0.39, 0.29) is 52.2 Å². The van der Waals surface area contributed by atoms with Crippen LogP contribution in [0.25, 0.3) is 0 Å². The van der Waals surface area contributed by atoms with Gasteiger partial charge in [0.1, 0.15) is 17.3 Å². The lowest BCUT2D eigenvalue weighted by Gasteiger charge is -2.41. The lowest BCUT2D eigenvalue weighted by atomic mass is 9.62. The number of allylic oxidation sites excluding steroid dienone is 4. The van der Waals surface area contributed by atoms with Crippen molar-refractivity contribution in [3.8, 4) is 5.75 Å². The SMILES string of the molecule is CC(=O)C1=C(O)CC2CC3Cc4c(N(C)C)cc(C)c(O)c4C(=O)C3=C(O)C2C1=O. The summed E-state index contributed by atoms with van der Waals surface area (Å²) in [5, 5.41) is 31.9. The van der Waals surface area contributed by atoms with Gasteiger partial charge < -0.3 is 20.2 Å². The number of fused-ring (bicyclic) bond motifs is 3. The van der Waals surface area contributed by atoms with Gasteiger partial charge in [-0.2, -0.15) is 0 Å². The molecular formula is C23H25NO6. The van der Waals surface area contributed by atoms with Crippen LogP contribution in [0.4, 0.5) is 5.69 Å². The lowest BCUT2D eigenvalue weighted by molar-refractivity contribution is -0.125. The number of benzene rings is 1. The Bertz CT molecular complexity index is 1080. The zero-order valence-corrected chi connectivity index (χ0v) is 17.4. The third kappa shape index (κ3) is 2.68. The number of carbonyl (C=O) groups excluding carboxylic acids is 3. The summed E-state index contributed by atoms with van der Waals surface area (Å²) in [5.74, 6) is -4.07. The van der Waals surface area contributed by atoms with E-state index in [1.807, 2.05) is 25.1 Å². The summed E-state index contributed by atoms with van der Waals surface area (Å²) < 4.78 is 0. The Balaban J connectivity index is 1.89. The number of rotatable bonds is 2. The third-order valence-electron chi connectivity index (χ3n) is 6.64. The number of phenols is 1. The van der Waals surface area contributed by atoms with Crippen LogP contribution in [0.1, 0.15) is 41.3 Å². The van der Waals surface area contributed by atoms with Crippen molar-refractivity contribution >= 4 is 23.0 Å². The number of phenolic OH excluding ortho intramolecular Hbond substituents is 1. The predicted molar refractivity (Wildman–Crippen MR) is 110 cm³/mol. The van der Waals surface area contributed by atoms with Gasteiger partial charge in [-0.15, -0.1) is 0 Å². The third-order valence-corrected chi connectivity index (χ3v) is 6.64. The fraction of sp³-hybridized carbons (Fsp3) is 0.435. The van der Waals surface area contributed by atoms with Crippen molar-refractivity contribution in [2.75, 3.05) is 19.0 Å². The number of aliphatic hydroxyl groups is 2. The molecule has 3 unspecified atom stereocenters. The maximum atomic E-state index is 13.4. The van der Waals surface area contributed by atoms with Crippen molar-refractivity contribution in [1.29, 1.82) is 0 Å². The van der Waals surface area contributed by atoms with Crippen LogP contribution in [0.2, 0.25) is 0 Å². The molecule has 7 heteroatoms. The molecule has 0 radical (unpaired) electrons. The van der Waals surface area contributed by atoms with Crippen LogP contribution in [0.3, 0.4) is 0 Å². The smallest absolute Gasteiger partial charge is 0.196 e. The van der Waals surface area contributed by atoms with Crippen molar-refractivity contribution < 1.29 is 29.7 Å². The maximum absolute atomic E-state index is 13.4. The van der Waals surface area contributed by atoms with E-state index < -0.39 is 23.3 Å². The fourth-order valence-electron chi connectivity index (χ4n) is 5.33. The molecule has 0 heterocycles. The predicted octanol–water partition coefficient (Wildman–Crippen LogP) is 2.94. The molecule has 3 aliphatic rings. The first-order valence-corrected chi connectivity index (χ1v) is 10.0. The molecule has 158 valence electrons. The first kappa shape index (κ1) is 20.2. The number of aromatic hydroxyl groups is 1. The Morgan fingerprint density at radius 3 is 2.40 bits per heavy atom. The summed E-state index contributed by atoms with van der Waals surface area (Å²) in [5.41, 5.74) is 2.13. The molecule has 0 bridgehead atoms. The zero-order valence-electron chi connectivity index (χ0n) is 17.4. The maximum Gasteiger partial charge on any atom is 0.196 e. The Morgan fingerprint density at radius 1 is 1.13 bits per heavy atom. The molecule has 0 aromatic heterocycles. The molecule has 7 nitrogen and oxygen atoms in total. The second-order valence-corrected chi connectivity index (χ2v) is 8.76. The summed E-state index contributed by atoms with van der Waals surface area (Å²) in [6.07, 6.45) is 0.973. The molecule has 0 amide bonds. The highest BCUT2D eigenvalue weighted by Gasteiger charge is 2.50. The van der Waals surface area contributed by atoms with Gasteiger partial charge in [0.15, 0.2) is 17.3 Å². The van der Waals surface area contributed by atoms with Crippen LogP contribution < -0.4 is 4.90 Å². The molecule has 0 spiro atoms. The minimum Gasteiger partial charge on any atom is -0.511 e. The van der Waals surface area contributed by atoms with Gasteiger partial charge in [0.05, 0.1) is 17.1 Å². The second-order valence-electron chi connectivity index (χ2n) is 8.76. The van der Waals surface area contributed by atoms with E-state index in [0.717, 1.165) is 11.3 Å². The summed E-state index contributed by atoms with van der Waals surface area (Å²) in [6, 6.07) is 1.83. The number of nitrogens with zero attached hydrogens (tertiary/aromatic N) is 1. The molecule has 3 aliphatic carbocycles. The average molecular weight is 411 g/mol. The normalized spacial score (nSPS) is 25.7. The first-order chi connectivity index (χ1) is 14.0. The van der Waals surface area contributed by atoms with Crippen molar-refractivity contribution in [3.05, 3.63) is 45.4 Å². The fourth-order valence-corrected chi connectivity index (χ4v) is 5.33. The Labute approximate surface area is 174 Å². The van der Waals surface area contributed by atoms with E-state index in [2.05, 4.69) is 0 Å². The van der Waals surface area contributed by atoms with E-state index in [4.69, 9.17) is 0 Å². The highest BCUT2D eigenvalue weighted by atomic mass is 16.3. The van der Waals surface area contributed by atoms with Crippen molar-refractivity contribution in [2.45, 2.75) is 33.1 Å². The van der Waals surface area contributed by atoms with Crippen LogP contribution in [-0.4, -0.2) is 46.8 Å². The Hall–Kier alpha value is -3.09. The number of anilines is 1. The van der Waals surface area contributed by atoms with Crippen molar-refractivity contribution in [2.24, 2.45) is 17.8 Å². The highest BCUT2D eigenvalue weighted by Crippen LogP contribution is 2.51. The Kier molecular flexibility index (Phi) is 4.52. The van der Waals surface area contributed by atoms with E-state index in [1.165, 1.54) is 6.92 Å². The van der Waals surface area contributed by atoms with Gasteiger partial charge in [-0.1, -0.05) is 0 Å². The van der Waals surface area contributed by atoms with Crippen molar-refractivity contribution in [3.63, 3.8) is 0 Å².